The van der Waals surface area contributed by atoms with Gasteiger partial charge in [0, 0.05) is 5.02 Å². The van der Waals surface area contributed by atoms with Gasteiger partial charge in [-0.2, -0.15) is 0 Å². The first-order valence-corrected chi connectivity index (χ1v) is 17.6. The van der Waals surface area contributed by atoms with E-state index in [4.69, 9.17) is 11.6 Å². The summed E-state index contributed by atoms with van der Waals surface area (Å²) >= 11 is 6.54. The van der Waals surface area contributed by atoms with Crippen LogP contribution in [0.25, 0.3) is 65.7 Å². The molecular formula is C42H25ClSi. The Balaban J connectivity index is 1.31. The van der Waals surface area contributed by atoms with Crippen LogP contribution in [0.5, 0.6) is 0 Å². The van der Waals surface area contributed by atoms with Crippen LogP contribution in [0.15, 0.2) is 152 Å². The van der Waals surface area contributed by atoms with E-state index in [1.54, 1.807) is 0 Å². The normalized spacial score (nSPS) is 13.8. The van der Waals surface area contributed by atoms with Gasteiger partial charge in [-0.3, -0.25) is 0 Å². The van der Waals surface area contributed by atoms with Crippen LogP contribution < -0.4 is 20.7 Å². The summed E-state index contributed by atoms with van der Waals surface area (Å²) in [7, 11) is -2.47. The van der Waals surface area contributed by atoms with Crippen LogP contribution in [-0.4, -0.2) is 8.07 Å². The maximum atomic E-state index is 6.54. The first-order chi connectivity index (χ1) is 21.7. The summed E-state index contributed by atoms with van der Waals surface area (Å²) in [5, 5.41) is 14.3. The zero-order chi connectivity index (χ0) is 29.0. The fourth-order valence-corrected chi connectivity index (χ4v) is 14.3. The highest BCUT2D eigenvalue weighted by atomic mass is 35.5. The molecule has 44 heavy (non-hydrogen) atoms. The van der Waals surface area contributed by atoms with Crippen molar-refractivity contribution in [3.63, 3.8) is 0 Å². The number of fused-ring (bicyclic) bond motifs is 16. The van der Waals surface area contributed by atoms with Gasteiger partial charge < -0.3 is 0 Å². The lowest BCUT2D eigenvalue weighted by Gasteiger charge is -2.27. The standard InChI is InChI=1S/C42H25ClSi/c43-27-21-23-31-29-10-1-2-11-30(29)36-24-26(20-22-32(36)37(31)25-27)28-15-9-19-41-42(28)35-14-5-8-18-40(35)44(41)38-16-6-3-12-33(38)34-13-4-7-17-39(34)44/h1-25H. The SMILES string of the molecule is Clc1ccc2c3ccccc3c3cc(-c4cccc5c4-c4ccccc4[Si]54c5ccccc5-c5ccccc54)ccc3c2c1. The number of hydrogen-bond donors (Lipinski definition) is 0. The average molecular weight is 593 g/mol. The maximum Gasteiger partial charge on any atom is 0.182 e. The predicted molar refractivity (Wildman–Crippen MR) is 191 cm³/mol. The Morgan fingerprint density at radius 1 is 0.341 bits per heavy atom. The Hall–Kier alpha value is -4.95. The van der Waals surface area contributed by atoms with Crippen LogP contribution in [-0.2, 0) is 0 Å². The zero-order valence-corrected chi connectivity index (χ0v) is 25.6. The molecule has 0 bridgehead atoms. The topological polar surface area (TPSA) is 0 Å². The van der Waals surface area contributed by atoms with Gasteiger partial charge in [-0.25, -0.2) is 0 Å². The van der Waals surface area contributed by atoms with E-state index in [-0.39, 0.29) is 0 Å². The van der Waals surface area contributed by atoms with Crippen molar-refractivity contribution in [1.29, 1.82) is 0 Å². The number of benzene rings is 8. The first kappa shape index (κ1) is 24.5. The Bertz CT molecular complexity index is 2480. The molecule has 8 aromatic carbocycles. The lowest BCUT2D eigenvalue weighted by Crippen LogP contribution is -2.70. The van der Waals surface area contributed by atoms with Crippen molar-refractivity contribution in [2.75, 3.05) is 0 Å². The molecule has 0 amide bonds. The molecule has 2 heterocycles. The van der Waals surface area contributed by atoms with Crippen LogP contribution in [0.2, 0.25) is 5.02 Å². The smallest absolute Gasteiger partial charge is 0.0843 e. The van der Waals surface area contributed by atoms with Gasteiger partial charge in [-0.15, -0.1) is 0 Å². The van der Waals surface area contributed by atoms with Gasteiger partial charge in [0.05, 0.1) is 0 Å². The van der Waals surface area contributed by atoms with E-state index < -0.39 is 8.07 Å². The van der Waals surface area contributed by atoms with Crippen molar-refractivity contribution >= 4 is 72.7 Å². The van der Waals surface area contributed by atoms with Crippen molar-refractivity contribution in [2.24, 2.45) is 0 Å². The van der Waals surface area contributed by atoms with Crippen molar-refractivity contribution in [3.05, 3.63) is 157 Å². The molecule has 0 radical (unpaired) electrons. The third-order valence-corrected chi connectivity index (χ3v) is 15.3. The van der Waals surface area contributed by atoms with E-state index >= 15 is 0 Å². The lowest BCUT2D eigenvalue weighted by molar-refractivity contribution is 1.66. The average Bonchev–Trinajstić information content (AvgIpc) is 3.56. The minimum Gasteiger partial charge on any atom is -0.0843 e. The minimum atomic E-state index is -2.47. The molecule has 1 spiro atoms. The van der Waals surface area contributed by atoms with Gasteiger partial charge in [0.25, 0.3) is 0 Å². The van der Waals surface area contributed by atoms with Crippen LogP contribution in [0.3, 0.4) is 0 Å². The minimum absolute atomic E-state index is 0.767. The number of hydrogen-bond acceptors (Lipinski definition) is 0. The molecule has 0 saturated heterocycles. The fraction of sp³-hybridized carbons (Fsp3) is 0. The van der Waals surface area contributed by atoms with Crippen LogP contribution in [0.4, 0.5) is 0 Å². The molecule has 8 aromatic rings. The molecule has 0 atom stereocenters. The van der Waals surface area contributed by atoms with E-state index in [9.17, 15) is 0 Å². The second kappa shape index (κ2) is 8.80. The first-order valence-electron chi connectivity index (χ1n) is 15.2. The summed E-state index contributed by atoms with van der Waals surface area (Å²) in [6.45, 7) is 0. The number of rotatable bonds is 1. The van der Waals surface area contributed by atoms with Crippen LogP contribution in [0, 0.1) is 0 Å². The van der Waals surface area contributed by atoms with Gasteiger partial charge in [-0.1, -0.05) is 145 Å². The summed E-state index contributed by atoms with van der Waals surface area (Å²) < 4.78 is 0. The summed E-state index contributed by atoms with van der Waals surface area (Å²) in [6.07, 6.45) is 0. The fourth-order valence-electron chi connectivity index (χ4n) is 8.48. The third-order valence-electron chi connectivity index (χ3n) is 10.1. The Labute approximate surface area is 261 Å². The Morgan fingerprint density at radius 3 is 1.55 bits per heavy atom. The second-order valence-electron chi connectivity index (χ2n) is 12.1. The summed E-state index contributed by atoms with van der Waals surface area (Å²) in [4.78, 5) is 0. The Kier molecular flexibility index (Phi) is 4.90. The highest BCUT2D eigenvalue weighted by Crippen LogP contribution is 2.43. The van der Waals surface area contributed by atoms with Crippen molar-refractivity contribution in [2.45, 2.75) is 0 Å². The molecule has 204 valence electrons. The van der Waals surface area contributed by atoms with E-state index in [0.717, 1.165) is 5.02 Å². The van der Waals surface area contributed by atoms with Crippen molar-refractivity contribution in [1.82, 2.24) is 0 Å². The molecule has 10 rings (SSSR count). The predicted octanol–water partition coefficient (Wildman–Crippen LogP) is 8.80. The molecule has 2 heteroatoms. The van der Waals surface area contributed by atoms with Crippen molar-refractivity contribution in [3.8, 4) is 33.4 Å². The summed E-state index contributed by atoms with van der Waals surface area (Å²) in [5.74, 6) is 0. The largest absolute Gasteiger partial charge is 0.182 e. The lowest BCUT2D eigenvalue weighted by atomic mass is 9.90. The van der Waals surface area contributed by atoms with E-state index in [0.29, 0.717) is 0 Å². The summed E-state index contributed by atoms with van der Waals surface area (Å²) in [6, 6.07) is 56.7. The molecule has 0 aliphatic carbocycles. The van der Waals surface area contributed by atoms with Crippen molar-refractivity contribution < 1.29 is 0 Å². The van der Waals surface area contributed by atoms with E-state index in [1.807, 2.05) is 6.07 Å². The molecule has 0 fully saturated rings. The van der Waals surface area contributed by atoms with Crippen LogP contribution in [0.1, 0.15) is 0 Å². The second-order valence-corrected chi connectivity index (χ2v) is 16.2. The zero-order valence-electron chi connectivity index (χ0n) is 23.8. The molecule has 2 aliphatic heterocycles. The monoisotopic (exact) mass is 592 g/mol. The van der Waals surface area contributed by atoms with Crippen LogP contribution >= 0.6 is 11.6 Å². The van der Waals surface area contributed by atoms with Gasteiger partial charge >= 0.3 is 0 Å². The molecule has 0 nitrogen and oxygen atoms in total. The molecule has 0 unspecified atom stereocenters. The third kappa shape index (κ3) is 2.98. The molecular weight excluding hydrogens is 568 g/mol. The molecule has 0 aromatic heterocycles. The van der Waals surface area contributed by atoms with Gasteiger partial charge in [-0.05, 0) is 105 Å². The Morgan fingerprint density at radius 2 is 0.818 bits per heavy atom. The maximum absolute atomic E-state index is 6.54. The quantitative estimate of drug-likeness (QED) is 0.132. The van der Waals surface area contributed by atoms with Gasteiger partial charge in [0.15, 0.2) is 8.07 Å². The molecule has 0 N–H and O–H groups in total. The molecule has 0 saturated carbocycles. The summed E-state index contributed by atoms with van der Waals surface area (Å²) in [5.41, 5.74) is 8.12. The molecule has 2 aliphatic rings. The highest BCUT2D eigenvalue weighted by molar-refractivity contribution is 7.24. The van der Waals surface area contributed by atoms with E-state index in [2.05, 4.69) is 146 Å². The number of halogens is 1. The highest BCUT2D eigenvalue weighted by Gasteiger charge is 2.54. The van der Waals surface area contributed by atoms with E-state index in [1.165, 1.54) is 86.4 Å². The van der Waals surface area contributed by atoms with Gasteiger partial charge in [0.2, 0.25) is 0 Å². The van der Waals surface area contributed by atoms with Gasteiger partial charge in [0.1, 0.15) is 0 Å².